The zero-order chi connectivity index (χ0) is 17.1. The Morgan fingerprint density at radius 1 is 1.35 bits per heavy atom. The van der Waals surface area contributed by atoms with Crippen LogP contribution in [0.5, 0.6) is 0 Å². The van der Waals surface area contributed by atoms with Crippen LogP contribution in [0.4, 0.5) is 11.4 Å². The number of nitro groups is 1. The fraction of sp³-hybridized carbons (Fsp3) is 0.375. The number of hydrogen-bond donors (Lipinski definition) is 1. The van der Waals surface area contributed by atoms with Crippen LogP contribution in [0.15, 0.2) is 18.2 Å². The van der Waals surface area contributed by atoms with E-state index in [9.17, 15) is 14.9 Å². The van der Waals surface area contributed by atoms with Crippen LogP contribution in [-0.4, -0.2) is 20.6 Å². The lowest BCUT2D eigenvalue weighted by atomic mass is 10.1. The number of aromatic nitrogens is 2. The SMILES string of the molecule is CCc1cccc(C)c1NC(=O)Cn1nc(C)c([N+](=O)[O-])c1C. The highest BCUT2D eigenvalue weighted by Crippen LogP contribution is 2.23. The van der Waals surface area contributed by atoms with Crippen molar-refractivity contribution in [3.63, 3.8) is 0 Å². The maximum Gasteiger partial charge on any atom is 0.312 e. The van der Waals surface area contributed by atoms with E-state index in [2.05, 4.69) is 10.4 Å². The van der Waals surface area contributed by atoms with E-state index < -0.39 is 4.92 Å². The van der Waals surface area contributed by atoms with Crippen LogP contribution in [0.1, 0.15) is 29.4 Å². The van der Waals surface area contributed by atoms with Crippen molar-refractivity contribution in [3.8, 4) is 0 Å². The molecule has 0 unspecified atom stereocenters. The van der Waals surface area contributed by atoms with Gasteiger partial charge in [-0.1, -0.05) is 25.1 Å². The van der Waals surface area contributed by atoms with Crippen LogP contribution in [0, 0.1) is 30.9 Å². The van der Waals surface area contributed by atoms with Crippen molar-refractivity contribution < 1.29 is 9.72 Å². The van der Waals surface area contributed by atoms with Crippen LogP contribution >= 0.6 is 0 Å². The standard InChI is InChI=1S/C16H20N4O3/c1-5-13-8-6-7-10(2)15(13)17-14(21)9-19-12(4)16(20(22)23)11(3)18-19/h6-8H,5,9H2,1-4H3,(H,17,21). The van der Waals surface area contributed by atoms with Gasteiger partial charge >= 0.3 is 5.69 Å². The molecule has 1 amide bonds. The normalized spacial score (nSPS) is 10.6. The first kappa shape index (κ1) is 16.7. The quantitative estimate of drug-likeness (QED) is 0.678. The second kappa shape index (κ2) is 6.60. The summed E-state index contributed by atoms with van der Waals surface area (Å²) in [6, 6.07) is 5.86. The van der Waals surface area contributed by atoms with E-state index in [0.717, 1.165) is 23.2 Å². The molecule has 0 radical (unpaired) electrons. The molecule has 0 aliphatic rings. The average Bonchev–Trinajstić information content (AvgIpc) is 2.75. The summed E-state index contributed by atoms with van der Waals surface area (Å²) in [7, 11) is 0. The maximum absolute atomic E-state index is 12.3. The topological polar surface area (TPSA) is 90.1 Å². The Kier molecular flexibility index (Phi) is 4.78. The summed E-state index contributed by atoms with van der Waals surface area (Å²) in [5.41, 5.74) is 3.49. The molecule has 2 rings (SSSR count). The molecule has 1 aromatic carbocycles. The van der Waals surface area contributed by atoms with Crippen LogP contribution in [0.25, 0.3) is 0 Å². The summed E-state index contributed by atoms with van der Waals surface area (Å²) < 4.78 is 1.37. The molecular weight excluding hydrogens is 296 g/mol. The highest BCUT2D eigenvalue weighted by Gasteiger charge is 2.23. The lowest BCUT2D eigenvalue weighted by Crippen LogP contribution is -2.21. The largest absolute Gasteiger partial charge is 0.324 e. The number of rotatable bonds is 5. The number of amides is 1. The minimum Gasteiger partial charge on any atom is -0.324 e. The molecule has 0 saturated heterocycles. The van der Waals surface area contributed by atoms with E-state index in [1.165, 1.54) is 4.68 Å². The van der Waals surface area contributed by atoms with Gasteiger partial charge in [0.2, 0.25) is 5.91 Å². The highest BCUT2D eigenvalue weighted by atomic mass is 16.6. The maximum atomic E-state index is 12.3. The van der Waals surface area contributed by atoms with E-state index >= 15 is 0 Å². The van der Waals surface area contributed by atoms with Gasteiger partial charge in [-0.2, -0.15) is 5.10 Å². The zero-order valence-electron chi connectivity index (χ0n) is 13.7. The summed E-state index contributed by atoms with van der Waals surface area (Å²) in [6.45, 7) is 7.06. The third-order valence-electron chi connectivity index (χ3n) is 3.82. The number of aryl methyl sites for hydroxylation is 3. The van der Waals surface area contributed by atoms with Gasteiger partial charge in [0.25, 0.3) is 0 Å². The highest BCUT2D eigenvalue weighted by molar-refractivity contribution is 5.92. The van der Waals surface area contributed by atoms with E-state index in [-0.39, 0.29) is 18.1 Å². The summed E-state index contributed by atoms with van der Waals surface area (Å²) >= 11 is 0. The summed E-state index contributed by atoms with van der Waals surface area (Å²) in [5.74, 6) is -0.255. The van der Waals surface area contributed by atoms with Crippen molar-refractivity contribution >= 4 is 17.3 Å². The lowest BCUT2D eigenvalue weighted by molar-refractivity contribution is -0.386. The second-order valence-electron chi connectivity index (χ2n) is 5.44. The number of anilines is 1. The lowest BCUT2D eigenvalue weighted by Gasteiger charge is -2.13. The minimum atomic E-state index is -0.470. The third kappa shape index (κ3) is 3.39. The van der Waals surface area contributed by atoms with Crippen molar-refractivity contribution in [2.45, 2.75) is 40.7 Å². The molecule has 2 aromatic rings. The molecule has 0 saturated carbocycles. The van der Waals surface area contributed by atoms with Gasteiger partial charge in [0, 0.05) is 5.69 Å². The number of nitrogens with one attached hydrogen (secondary N) is 1. The van der Waals surface area contributed by atoms with Crippen LogP contribution in [0.2, 0.25) is 0 Å². The Bertz CT molecular complexity index is 765. The first-order valence-corrected chi connectivity index (χ1v) is 7.41. The molecular formula is C16H20N4O3. The number of nitrogens with zero attached hydrogens (tertiary/aromatic N) is 3. The fourth-order valence-corrected chi connectivity index (χ4v) is 2.62. The van der Waals surface area contributed by atoms with Crippen LogP contribution in [0.3, 0.4) is 0 Å². The molecule has 7 nitrogen and oxygen atoms in total. The average molecular weight is 316 g/mol. The van der Waals surface area contributed by atoms with Gasteiger partial charge in [0.15, 0.2) is 0 Å². The van der Waals surface area contributed by atoms with Crippen molar-refractivity contribution in [2.24, 2.45) is 0 Å². The third-order valence-corrected chi connectivity index (χ3v) is 3.82. The Labute approximate surface area is 134 Å². The fourth-order valence-electron chi connectivity index (χ4n) is 2.62. The molecule has 1 heterocycles. The first-order valence-electron chi connectivity index (χ1n) is 7.41. The molecule has 0 spiro atoms. The number of para-hydroxylation sites is 1. The van der Waals surface area contributed by atoms with Gasteiger partial charge < -0.3 is 5.32 Å². The van der Waals surface area contributed by atoms with Gasteiger partial charge in [-0.15, -0.1) is 0 Å². The van der Waals surface area contributed by atoms with Gasteiger partial charge in [0.1, 0.15) is 17.9 Å². The van der Waals surface area contributed by atoms with Crippen LogP contribution < -0.4 is 5.32 Å². The van der Waals surface area contributed by atoms with Crippen molar-refractivity contribution in [2.75, 3.05) is 5.32 Å². The van der Waals surface area contributed by atoms with Crippen LogP contribution in [-0.2, 0) is 17.8 Å². The smallest absolute Gasteiger partial charge is 0.312 e. The molecule has 23 heavy (non-hydrogen) atoms. The number of hydrogen-bond acceptors (Lipinski definition) is 4. The predicted molar refractivity (Wildman–Crippen MR) is 87.5 cm³/mol. The Hall–Kier alpha value is -2.70. The molecule has 0 atom stereocenters. The van der Waals surface area contributed by atoms with Gasteiger partial charge in [-0.25, -0.2) is 0 Å². The molecule has 122 valence electrons. The van der Waals surface area contributed by atoms with Gasteiger partial charge in [-0.3, -0.25) is 19.6 Å². The Morgan fingerprint density at radius 3 is 2.61 bits per heavy atom. The van der Waals surface area contributed by atoms with Crippen molar-refractivity contribution in [3.05, 3.63) is 50.8 Å². The summed E-state index contributed by atoms with van der Waals surface area (Å²) in [6.07, 6.45) is 0.808. The van der Waals surface area contributed by atoms with E-state index in [4.69, 9.17) is 0 Å². The van der Waals surface area contributed by atoms with Crippen molar-refractivity contribution in [1.82, 2.24) is 9.78 Å². The second-order valence-corrected chi connectivity index (χ2v) is 5.44. The molecule has 1 N–H and O–H groups in total. The predicted octanol–water partition coefficient (Wildman–Crippen LogP) is 2.92. The summed E-state index contributed by atoms with van der Waals surface area (Å²) in [4.78, 5) is 22.8. The molecule has 0 aliphatic heterocycles. The Balaban J connectivity index is 2.22. The van der Waals surface area contributed by atoms with Crippen molar-refractivity contribution in [1.29, 1.82) is 0 Å². The zero-order valence-corrected chi connectivity index (χ0v) is 13.7. The van der Waals surface area contributed by atoms with Gasteiger partial charge in [-0.05, 0) is 38.3 Å². The number of carbonyl (C=O) groups excluding carboxylic acids is 1. The number of benzene rings is 1. The first-order chi connectivity index (χ1) is 10.8. The molecule has 0 fully saturated rings. The molecule has 0 aliphatic carbocycles. The number of carbonyl (C=O) groups is 1. The Morgan fingerprint density at radius 2 is 2.04 bits per heavy atom. The van der Waals surface area contributed by atoms with E-state index in [1.54, 1.807) is 13.8 Å². The van der Waals surface area contributed by atoms with Gasteiger partial charge in [0.05, 0.1) is 4.92 Å². The van der Waals surface area contributed by atoms with E-state index in [1.807, 2.05) is 32.0 Å². The minimum absolute atomic E-state index is 0.0389. The molecule has 1 aromatic heterocycles. The summed E-state index contributed by atoms with van der Waals surface area (Å²) in [5, 5.41) is 18.0. The molecule has 0 bridgehead atoms. The monoisotopic (exact) mass is 316 g/mol. The molecule has 7 heteroatoms. The van der Waals surface area contributed by atoms with E-state index in [0.29, 0.717) is 11.4 Å².